The number of imide groups is 1. The zero-order valence-electron chi connectivity index (χ0n) is 13.4. The number of nitrogens with one attached hydrogen (secondary N) is 1. The molecule has 0 unspecified atom stereocenters. The van der Waals surface area contributed by atoms with E-state index in [0.29, 0.717) is 34.7 Å². The highest BCUT2D eigenvalue weighted by Gasteiger charge is 2.52. The third-order valence-electron chi connectivity index (χ3n) is 4.85. The van der Waals surface area contributed by atoms with Crippen LogP contribution in [-0.2, 0) is 9.59 Å². The molecule has 2 aliphatic rings. The largest absolute Gasteiger partial charge is 0.493 e. The Morgan fingerprint density at radius 1 is 1.36 bits per heavy atom. The first-order chi connectivity index (χ1) is 11.9. The second-order valence-electron chi connectivity index (χ2n) is 6.45. The Balaban J connectivity index is 1.63. The first-order valence-electron chi connectivity index (χ1n) is 7.82. The van der Waals surface area contributed by atoms with Crippen molar-refractivity contribution in [1.29, 1.82) is 0 Å². The Labute approximate surface area is 147 Å². The lowest BCUT2D eigenvalue weighted by atomic mass is 9.85. The van der Waals surface area contributed by atoms with Crippen LogP contribution in [0.25, 0.3) is 11.0 Å². The fourth-order valence-corrected chi connectivity index (χ4v) is 3.78. The number of fused-ring (bicyclic) bond motifs is 1. The van der Waals surface area contributed by atoms with Crippen molar-refractivity contribution < 1.29 is 23.5 Å². The lowest BCUT2D eigenvalue weighted by molar-refractivity contribution is -0.128. The molecule has 2 aliphatic heterocycles. The molecule has 3 heterocycles. The Morgan fingerprint density at radius 3 is 2.84 bits per heavy atom. The summed E-state index contributed by atoms with van der Waals surface area (Å²) in [6.45, 7) is 0.604. The number of halogens is 1. The summed E-state index contributed by atoms with van der Waals surface area (Å²) in [5.41, 5.74) is -0.363. The molecule has 8 heteroatoms. The van der Waals surface area contributed by atoms with Crippen molar-refractivity contribution in [2.24, 2.45) is 5.41 Å². The van der Waals surface area contributed by atoms with Crippen molar-refractivity contribution in [3.8, 4) is 5.75 Å². The third kappa shape index (κ3) is 2.46. The number of benzene rings is 1. The molecule has 1 N–H and O–H groups in total. The topological polar surface area (TPSA) is 88.9 Å². The number of ether oxygens (including phenoxy) is 1. The van der Waals surface area contributed by atoms with E-state index in [1.807, 2.05) is 0 Å². The van der Waals surface area contributed by atoms with E-state index in [9.17, 15) is 14.4 Å². The molecule has 1 aromatic carbocycles. The second kappa shape index (κ2) is 5.49. The van der Waals surface area contributed by atoms with Gasteiger partial charge in [-0.3, -0.25) is 19.7 Å². The molecule has 2 aromatic rings. The summed E-state index contributed by atoms with van der Waals surface area (Å²) in [6.07, 6.45) is 0.588. The second-order valence-corrected chi connectivity index (χ2v) is 6.88. The molecule has 0 saturated carbocycles. The van der Waals surface area contributed by atoms with E-state index in [0.717, 1.165) is 0 Å². The maximum absolute atomic E-state index is 12.8. The number of hydrogen-bond acceptors (Lipinski definition) is 5. The van der Waals surface area contributed by atoms with E-state index in [1.165, 1.54) is 7.11 Å². The molecule has 4 rings (SSSR count). The van der Waals surface area contributed by atoms with Crippen molar-refractivity contribution >= 4 is 40.3 Å². The molecule has 0 radical (unpaired) electrons. The van der Waals surface area contributed by atoms with Crippen molar-refractivity contribution in [3.05, 3.63) is 29.0 Å². The highest BCUT2D eigenvalue weighted by Crippen LogP contribution is 2.39. The normalized spacial score (nSPS) is 22.9. The van der Waals surface area contributed by atoms with Gasteiger partial charge in [-0.15, -0.1) is 0 Å². The maximum atomic E-state index is 12.8. The van der Waals surface area contributed by atoms with Gasteiger partial charge in [-0.05, 0) is 18.6 Å². The van der Waals surface area contributed by atoms with Crippen LogP contribution in [-0.4, -0.2) is 42.8 Å². The van der Waals surface area contributed by atoms with E-state index in [-0.39, 0.29) is 36.4 Å². The fourth-order valence-electron chi connectivity index (χ4n) is 3.57. The van der Waals surface area contributed by atoms with E-state index in [2.05, 4.69) is 5.32 Å². The molecule has 2 saturated heterocycles. The lowest BCUT2D eigenvalue weighted by Crippen LogP contribution is -2.36. The van der Waals surface area contributed by atoms with Crippen LogP contribution < -0.4 is 10.1 Å². The number of amides is 3. The summed E-state index contributed by atoms with van der Waals surface area (Å²) >= 11 is 6.04. The van der Waals surface area contributed by atoms with Gasteiger partial charge in [-0.1, -0.05) is 11.6 Å². The Bertz CT molecular complexity index is 921. The molecule has 3 amide bonds. The maximum Gasteiger partial charge on any atom is 0.289 e. The van der Waals surface area contributed by atoms with Crippen LogP contribution in [0.5, 0.6) is 5.75 Å². The first kappa shape index (κ1) is 16.0. The van der Waals surface area contributed by atoms with Gasteiger partial charge in [0, 0.05) is 36.0 Å². The summed E-state index contributed by atoms with van der Waals surface area (Å²) in [7, 11) is 1.50. The monoisotopic (exact) mass is 362 g/mol. The molecule has 1 aromatic heterocycles. The average molecular weight is 363 g/mol. The number of furan rings is 1. The third-order valence-corrected chi connectivity index (χ3v) is 5.07. The van der Waals surface area contributed by atoms with Gasteiger partial charge in [0.2, 0.25) is 11.8 Å². The molecular weight excluding hydrogens is 348 g/mol. The summed E-state index contributed by atoms with van der Waals surface area (Å²) in [6, 6.07) is 4.91. The van der Waals surface area contributed by atoms with Gasteiger partial charge in [0.25, 0.3) is 5.91 Å². The number of likely N-dealkylation sites (tertiary alicyclic amines) is 1. The minimum absolute atomic E-state index is 0.124. The predicted molar refractivity (Wildman–Crippen MR) is 88.5 cm³/mol. The summed E-state index contributed by atoms with van der Waals surface area (Å²) in [5.74, 6) is -0.316. The van der Waals surface area contributed by atoms with Gasteiger partial charge in [-0.2, -0.15) is 0 Å². The molecule has 0 aliphatic carbocycles. The van der Waals surface area contributed by atoms with Crippen molar-refractivity contribution in [2.75, 3.05) is 20.2 Å². The van der Waals surface area contributed by atoms with Crippen LogP contribution in [0, 0.1) is 5.41 Å². The van der Waals surface area contributed by atoms with Gasteiger partial charge < -0.3 is 14.1 Å². The Morgan fingerprint density at radius 2 is 2.16 bits per heavy atom. The highest BCUT2D eigenvalue weighted by atomic mass is 35.5. The zero-order valence-corrected chi connectivity index (χ0v) is 14.2. The molecule has 1 atom stereocenters. The van der Waals surface area contributed by atoms with Crippen molar-refractivity contribution in [2.45, 2.75) is 12.8 Å². The van der Waals surface area contributed by atoms with Gasteiger partial charge in [0.05, 0.1) is 12.5 Å². The van der Waals surface area contributed by atoms with Crippen LogP contribution in [0.4, 0.5) is 0 Å². The quantitative estimate of drug-likeness (QED) is 0.825. The smallest absolute Gasteiger partial charge is 0.289 e. The van der Waals surface area contributed by atoms with E-state index >= 15 is 0 Å². The molecular formula is C17H15ClN2O5. The summed E-state index contributed by atoms with van der Waals surface area (Å²) < 4.78 is 10.9. The number of hydrogen-bond donors (Lipinski definition) is 1. The first-order valence-corrected chi connectivity index (χ1v) is 8.20. The zero-order chi connectivity index (χ0) is 17.8. The standard InChI is InChI=1S/C17H15ClN2O5/c1-24-11-6-10(18)4-9-5-12(25-14(9)11)15(22)20-3-2-17(8-20)7-13(21)19-16(17)23/h4-6H,2-3,7-8H2,1H3,(H,19,21,23)/t17-/m0/s1. The summed E-state index contributed by atoms with van der Waals surface area (Å²) in [5, 5.41) is 3.46. The number of nitrogens with zero attached hydrogens (tertiary/aromatic N) is 1. The predicted octanol–water partition coefficient (Wildman–Crippen LogP) is 1.97. The Hall–Kier alpha value is -2.54. The van der Waals surface area contributed by atoms with Gasteiger partial charge in [-0.25, -0.2) is 0 Å². The number of rotatable bonds is 2. The molecule has 0 bridgehead atoms. The fraction of sp³-hybridized carbons (Fsp3) is 0.353. The minimum Gasteiger partial charge on any atom is -0.493 e. The van der Waals surface area contributed by atoms with E-state index in [4.69, 9.17) is 20.8 Å². The molecule has 2 fully saturated rings. The van der Waals surface area contributed by atoms with E-state index < -0.39 is 5.41 Å². The van der Waals surface area contributed by atoms with Crippen LogP contribution in [0.3, 0.4) is 0 Å². The van der Waals surface area contributed by atoms with Crippen LogP contribution in [0.2, 0.25) is 5.02 Å². The van der Waals surface area contributed by atoms with Crippen LogP contribution >= 0.6 is 11.6 Å². The SMILES string of the molecule is COc1cc(Cl)cc2cc(C(=O)N3CC[C@]4(CC(=O)NC4=O)C3)oc12. The van der Waals surface area contributed by atoms with Crippen LogP contribution in [0.1, 0.15) is 23.4 Å². The van der Waals surface area contributed by atoms with Gasteiger partial charge in [0.15, 0.2) is 17.1 Å². The summed E-state index contributed by atoms with van der Waals surface area (Å²) in [4.78, 5) is 37.9. The van der Waals surface area contributed by atoms with Crippen molar-refractivity contribution in [1.82, 2.24) is 10.2 Å². The Kier molecular flexibility index (Phi) is 3.50. The highest BCUT2D eigenvalue weighted by molar-refractivity contribution is 6.31. The number of carbonyl (C=O) groups is 3. The molecule has 1 spiro atoms. The van der Waals surface area contributed by atoms with Gasteiger partial charge in [0.1, 0.15) is 0 Å². The minimum atomic E-state index is -0.806. The average Bonchev–Trinajstić information content (AvgIpc) is 3.24. The lowest BCUT2D eigenvalue weighted by Gasteiger charge is -2.19. The molecule has 7 nitrogen and oxygen atoms in total. The van der Waals surface area contributed by atoms with Crippen LogP contribution in [0.15, 0.2) is 22.6 Å². The van der Waals surface area contributed by atoms with Gasteiger partial charge >= 0.3 is 0 Å². The van der Waals surface area contributed by atoms with Crippen molar-refractivity contribution in [3.63, 3.8) is 0 Å². The molecule has 25 heavy (non-hydrogen) atoms. The molecule has 130 valence electrons. The number of carbonyl (C=O) groups excluding carboxylic acids is 3. The number of methoxy groups -OCH3 is 1. The van der Waals surface area contributed by atoms with E-state index in [1.54, 1.807) is 23.1 Å².